The Balaban J connectivity index is 3.42. The Bertz CT molecular complexity index is 761. The Hall–Kier alpha value is -1.62. The molecule has 0 bridgehead atoms. The van der Waals surface area contributed by atoms with Crippen LogP contribution in [-0.4, -0.2) is 36.4 Å². The average molecular weight is 705 g/mol. The first-order valence-corrected chi connectivity index (χ1v) is 21.9. The number of ether oxygens (including phenoxy) is 2. The van der Waals surface area contributed by atoms with Crippen molar-refractivity contribution in [1.82, 2.24) is 0 Å². The number of rotatable bonds is 40. The quantitative estimate of drug-likeness (QED) is 0.0390. The second kappa shape index (κ2) is 41.8. The standard InChI is InChI=1S/C45H84O5/c1-3-5-7-9-11-13-15-17-19-20-21-22-23-24-26-28-30-32-34-36-38-40-45(48)50-42-43(46)41-49-44(47)39-37-35-33-31-29-27-25-18-16-14-12-10-8-6-4-2/h18,24-26,43,46H,3-17,19-23,27-42H2,1-2H3/b25-18+,26-24+. The second-order valence-corrected chi connectivity index (χ2v) is 14.8. The Morgan fingerprint density at radius 1 is 0.400 bits per heavy atom. The molecule has 0 fully saturated rings. The molecular formula is C45H84O5. The number of aliphatic hydroxyl groups is 1. The van der Waals surface area contributed by atoms with Crippen LogP contribution in [0.15, 0.2) is 24.3 Å². The minimum Gasteiger partial charge on any atom is -0.463 e. The Kier molecular flexibility index (Phi) is 40.4. The molecule has 0 aromatic heterocycles. The summed E-state index contributed by atoms with van der Waals surface area (Å²) in [5.41, 5.74) is 0. The lowest BCUT2D eigenvalue weighted by molar-refractivity contribution is -0.152. The predicted molar refractivity (Wildman–Crippen MR) is 215 cm³/mol. The van der Waals surface area contributed by atoms with Crippen LogP contribution in [0, 0.1) is 0 Å². The van der Waals surface area contributed by atoms with E-state index in [0.29, 0.717) is 12.8 Å². The number of unbranched alkanes of at least 4 members (excludes halogenated alkanes) is 28. The van der Waals surface area contributed by atoms with Crippen molar-refractivity contribution in [3.8, 4) is 0 Å². The third-order valence-corrected chi connectivity index (χ3v) is 9.66. The second-order valence-electron chi connectivity index (χ2n) is 14.8. The van der Waals surface area contributed by atoms with E-state index in [1.165, 1.54) is 154 Å². The van der Waals surface area contributed by atoms with E-state index >= 15 is 0 Å². The normalized spacial score (nSPS) is 12.3. The number of esters is 2. The smallest absolute Gasteiger partial charge is 0.305 e. The predicted octanol–water partition coefficient (Wildman–Crippen LogP) is 13.8. The number of allylic oxidation sites excluding steroid dienone is 4. The van der Waals surface area contributed by atoms with Crippen molar-refractivity contribution < 1.29 is 24.2 Å². The lowest BCUT2D eigenvalue weighted by atomic mass is 10.0. The van der Waals surface area contributed by atoms with Crippen LogP contribution in [0.2, 0.25) is 0 Å². The van der Waals surface area contributed by atoms with E-state index in [0.717, 1.165) is 51.4 Å². The summed E-state index contributed by atoms with van der Waals surface area (Å²) in [6.07, 6.45) is 49.6. The first-order valence-electron chi connectivity index (χ1n) is 21.9. The summed E-state index contributed by atoms with van der Waals surface area (Å²) >= 11 is 0. The molecule has 0 saturated heterocycles. The Morgan fingerprint density at radius 3 is 0.920 bits per heavy atom. The maximum atomic E-state index is 12.0. The summed E-state index contributed by atoms with van der Waals surface area (Å²) in [6, 6.07) is 0. The van der Waals surface area contributed by atoms with Gasteiger partial charge in [-0.2, -0.15) is 0 Å². The van der Waals surface area contributed by atoms with Gasteiger partial charge in [-0.25, -0.2) is 0 Å². The largest absolute Gasteiger partial charge is 0.463 e. The third kappa shape index (κ3) is 40.8. The van der Waals surface area contributed by atoms with Crippen molar-refractivity contribution in [3.05, 3.63) is 24.3 Å². The number of hydrogen-bond donors (Lipinski definition) is 1. The molecule has 294 valence electrons. The topological polar surface area (TPSA) is 72.8 Å². The van der Waals surface area contributed by atoms with Gasteiger partial charge < -0.3 is 14.6 Å². The highest BCUT2D eigenvalue weighted by molar-refractivity contribution is 5.69. The molecule has 0 radical (unpaired) electrons. The highest BCUT2D eigenvalue weighted by atomic mass is 16.6. The zero-order chi connectivity index (χ0) is 36.4. The van der Waals surface area contributed by atoms with E-state index in [1.807, 2.05) is 0 Å². The Morgan fingerprint density at radius 2 is 0.640 bits per heavy atom. The zero-order valence-corrected chi connectivity index (χ0v) is 33.4. The molecule has 1 unspecified atom stereocenters. The van der Waals surface area contributed by atoms with Crippen molar-refractivity contribution in [1.29, 1.82) is 0 Å². The van der Waals surface area contributed by atoms with Gasteiger partial charge in [0.15, 0.2) is 0 Å². The van der Waals surface area contributed by atoms with Gasteiger partial charge in [-0.1, -0.05) is 179 Å². The van der Waals surface area contributed by atoms with E-state index in [9.17, 15) is 14.7 Å². The molecule has 0 aliphatic rings. The number of carbonyl (C=O) groups is 2. The molecule has 50 heavy (non-hydrogen) atoms. The van der Waals surface area contributed by atoms with Gasteiger partial charge in [0.05, 0.1) is 0 Å². The molecule has 1 atom stereocenters. The third-order valence-electron chi connectivity index (χ3n) is 9.66. The van der Waals surface area contributed by atoms with Crippen LogP contribution in [0.3, 0.4) is 0 Å². The van der Waals surface area contributed by atoms with Gasteiger partial charge in [-0.05, 0) is 64.2 Å². The van der Waals surface area contributed by atoms with Crippen molar-refractivity contribution >= 4 is 11.9 Å². The molecule has 1 N–H and O–H groups in total. The molecule has 0 heterocycles. The SMILES string of the molecule is CCCCCCCC/C=C/CCCCCCCC(=O)OCC(O)COC(=O)CCCCCCC/C=C/CCCCCCCCCCCCCC. The van der Waals surface area contributed by atoms with Crippen LogP contribution in [0.25, 0.3) is 0 Å². The molecule has 0 amide bonds. The van der Waals surface area contributed by atoms with Crippen LogP contribution in [0.5, 0.6) is 0 Å². The van der Waals surface area contributed by atoms with E-state index in [1.54, 1.807) is 0 Å². The van der Waals surface area contributed by atoms with Crippen molar-refractivity contribution in [2.45, 2.75) is 238 Å². The zero-order valence-electron chi connectivity index (χ0n) is 33.4. The van der Waals surface area contributed by atoms with Gasteiger partial charge in [0.25, 0.3) is 0 Å². The van der Waals surface area contributed by atoms with Gasteiger partial charge in [-0.3, -0.25) is 9.59 Å². The van der Waals surface area contributed by atoms with Gasteiger partial charge in [0.1, 0.15) is 19.3 Å². The van der Waals surface area contributed by atoms with E-state index in [2.05, 4.69) is 38.2 Å². The number of hydrogen-bond acceptors (Lipinski definition) is 5. The monoisotopic (exact) mass is 705 g/mol. The van der Waals surface area contributed by atoms with Crippen LogP contribution >= 0.6 is 0 Å². The van der Waals surface area contributed by atoms with Crippen LogP contribution in [0.4, 0.5) is 0 Å². The maximum absolute atomic E-state index is 12.0. The van der Waals surface area contributed by atoms with Crippen LogP contribution in [0.1, 0.15) is 232 Å². The minimum absolute atomic E-state index is 0.120. The molecule has 0 saturated carbocycles. The molecule has 5 nitrogen and oxygen atoms in total. The lowest BCUT2D eigenvalue weighted by Gasteiger charge is -2.12. The van der Waals surface area contributed by atoms with E-state index in [-0.39, 0.29) is 25.2 Å². The summed E-state index contributed by atoms with van der Waals surface area (Å²) in [4.78, 5) is 24.0. The summed E-state index contributed by atoms with van der Waals surface area (Å²) in [7, 11) is 0. The van der Waals surface area contributed by atoms with E-state index < -0.39 is 6.10 Å². The number of carbonyl (C=O) groups excluding carboxylic acids is 2. The van der Waals surface area contributed by atoms with Gasteiger partial charge in [-0.15, -0.1) is 0 Å². The first kappa shape index (κ1) is 48.4. The fourth-order valence-electron chi connectivity index (χ4n) is 6.31. The number of aliphatic hydroxyl groups excluding tert-OH is 1. The van der Waals surface area contributed by atoms with Crippen molar-refractivity contribution in [2.75, 3.05) is 13.2 Å². The van der Waals surface area contributed by atoms with Gasteiger partial charge in [0, 0.05) is 12.8 Å². The van der Waals surface area contributed by atoms with Crippen LogP contribution in [-0.2, 0) is 19.1 Å². The lowest BCUT2D eigenvalue weighted by Crippen LogP contribution is -2.25. The molecule has 5 heteroatoms. The van der Waals surface area contributed by atoms with Crippen molar-refractivity contribution in [2.24, 2.45) is 0 Å². The average Bonchev–Trinajstić information content (AvgIpc) is 3.12. The summed E-state index contributed by atoms with van der Waals surface area (Å²) < 4.78 is 10.3. The highest BCUT2D eigenvalue weighted by Gasteiger charge is 2.12. The molecule has 0 aliphatic carbocycles. The fraction of sp³-hybridized carbons (Fsp3) is 0.867. The fourth-order valence-corrected chi connectivity index (χ4v) is 6.31. The molecule has 0 spiro atoms. The molecular weight excluding hydrogens is 620 g/mol. The minimum atomic E-state index is -0.968. The van der Waals surface area contributed by atoms with Gasteiger partial charge >= 0.3 is 11.9 Å². The van der Waals surface area contributed by atoms with Crippen molar-refractivity contribution in [3.63, 3.8) is 0 Å². The Labute approximate surface area is 311 Å². The highest BCUT2D eigenvalue weighted by Crippen LogP contribution is 2.14. The molecule has 0 rings (SSSR count). The molecule has 0 aliphatic heterocycles. The summed E-state index contributed by atoms with van der Waals surface area (Å²) in [6.45, 7) is 4.30. The summed E-state index contributed by atoms with van der Waals surface area (Å²) in [5, 5.41) is 10.0. The van der Waals surface area contributed by atoms with Crippen LogP contribution < -0.4 is 0 Å². The molecule has 0 aromatic carbocycles. The van der Waals surface area contributed by atoms with E-state index in [4.69, 9.17) is 9.47 Å². The molecule has 0 aromatic rings. The van der Waals surface area contributed by atoms with Gasteiger partial charge in [0.2, 0.25) is 0 Å². The summed E-state index contributed by atoms with van der Waals surface area (Å²) in [5.74, 6) is -0.576. The first-order chi connectivity index (χ1) is 24.6. The maximum Gasteiger partial charge on any atom is 0.305 e.